The van der Waals surface area contributed by atoms with Gasteiger partial charge < -0.3 is 15.3 Å². The Labute approximate surface area is 124 Å². The SMILES string of the molecule is CC1CCCCN1c1ccc(NCC(O)CCl)cc1F. The highest BCUT2D eigenvalue weighted by atomic mass is 35.5. The normalized spacial score (nSPS) is 20.8. The molecule has 1 aliphatic rings. The molecule has 2 atom stereocenters. The van der Waals surface area contributed by atoms with Crippen molar-refractivity contribution in [1.82, 2.24) is 0 Å². The van der Waals surface area contributed by atoms with Gasteiger partial charge in [-0.05, 0) is 44.4 Å². The van der Waals surface area contributed by atoms with Crippen molar-refractivity contribution < 1.29 is 9.50 Å². The Hall–Kier alpha value is -1.00. The number of hydrogen-bond donors (Lipinski definition) is 2. The van der Waals surface area contributed by atoms with E-state index in [1.165, 1.54) is 12.5 Å². The van der Waals surface area contributed by atoms with Crippen molar-refractivity contribution in [2.45, 2.75) is 38.3 Å². The van der Waals surface area contributed by atoms with Gasteiger partial charge in [-0.15, -0.1) is 11.6 Å². The van der Waals surface area contributed by atoms with E-state index in [1.54, 1.807) is 0 Å². The molecule has 2 rings (SSSR count). The molecule has 5 heteroatoms. The van der Waals surface area contributed by atoms with E-state index in [9.17, 15) is 9.50 Å². The van der Waals surface area contributed by atoms with Crippen molar-refractivity contribution in [2.24, 2.45) is 0 Å². The van der Waals surface area contributed by atoms with Crippen molar-refractivity contribution in [3.63, 3.8) is 0 Å². The molecule has 1 aliphatic heterocycles. The molecule has 0 aliphatic carbocycles. The molecule has 20 heavy (non-hydrogen) atoms. The smallest absolute Gasteiger partial charge is 0.148 e. The van der Waals surface area contributed by atoms with Crippen LogP contribution in [0.4, 0.5) is 15.8 Å². The summed E-state index contributed by atoms with van der Waals surface area (Å²) >= 11 is 5.52. The number of halogens is 2. The van der Waals surface area contributed by atoms with Crippen molar-refractivity contribution >= 4 is 23.0 Å². The summed E-state index contributed by atoms with van der Waals surface area (Å²) in [5.41, 5.74) is 1.33. The molecule has 0 saturated carbocycles. The summed E-state index contributed by atoms with van der Waals surface area (Å²) in [4.78, 5) is 2.14. The second kappa shape index (κ2) is 7.14. The Morgan fingerprint density at radius 3 is 2.95 bits per heavy atom. The number of benzene rings is 1. The number of hydrogen-bond acceptors (Lipinski definition) is 3. The maximum absolute atomic E-state index is 14.2. The standard InChI is InChI=1S/C15H22ClFN2O/c1-11-4-2-3-7-19(11)15-6-5-12(8-14(15)17)18-10-13(20)9-16/h5-6,8,11,13,18,20H,2-4,7,9-10H2,1H3. The van der Waals surface area contributed by atoms with Gasteiger partial charge in [-0.25, -0.2) is 4.39 Å². The Kier molecular flexibility index (Phi) is 5.49. The molecule has 2 unspecified atom stereocenters. The van der Waals surface area contributed by atoms with Crippen molar-refractivity contribution in [3.05, 3.63) is 24.0 Å². The molecular formula is C15H22ClFN2O. The van der Waals surface area contributed by atoms with Crippen LogP contribution >= 0.6 is 11.6 Å². The van der Waals surface area contributed by atoms with E-state index in [2.05, 4.69) is 17.1 Å². The van der Waals surface area contributed by atoms with E-state index in [1.807, 2.05) is 12.1 Å². The van der Waals surface area contributed by atoms with E-state index >= 15 is 0 Å². The monoisotopic (exact) mass is 300 g/mol. The van der Waals surface area contributed by atoms with Gasteiger partial charge in [0.1, 0.15) is 5.82 Å². The Morgan fingerprint density at radius 1 is 1.50 bits per heavy atom. The quantitative estimate of drug-likeness (QED) is 0.820. The Balaban J connectivity index is 2.05. The number of nitrogens with one attached hydrogen (secondary N) is 1. The van der Waals surface area contributed by atoms with Gasteiger partial charge in [0.15, 0.2) is 0 Å². The molecule has 0 bridgehead atoms. The van der Waals surface area contributed by atoms with E-state index < -0.39 is 6.10 Å². The second-order valence-electron chi connectivity index (χ2n) is 5.39. The maximum atomic E-state index is 14.2. The number of rotatable bonds is 5. The van der Waals surface area contributed by atoms with Gasteiger partial charge >= 0.3 is 0 Å². The van der Waals surface area contributed by atoms with Crippen LogP contribution in [-0.2, 0) is 0 Å². The fraction of sp³-hybridized carbons (Fsp3) is 0.600. The van der Waals surface area contributed by atoms with Crippen LogP contribution in [0.1, 0.15) is 26.2 Å². The number of anilines is 2. The highest BCUT2D eigenvalue weighted by Gasteiger charge is 2.21. The van der Waals surface area contributed by atoms with Gasteiger partial charge in [0.05, 0.1) is 17.7 Å². The van der Waals surface area contributed by atoms with E-state index in [0.29, 0.717) is 24.0 Å². The topological polar surface area (TPSA) is 35.5 Å². The fourth-order valence-electron chi connectivity index (χ4n) is 2.60. The fourth-order valence-corrected chi connectivity index (χ4v) is 2.71. The predicted octanol–water partition coefficient (Wildman–Crippen LogP) is 3.22. The van der Waals surface area contributed by atoms with E-state index in [0.717, 1.165) is 19.4 Å². The lowest BCUT2D eigenvalue weighted by Crippen LogP contribution is -2.37. The molecule has 3 nitrogen and oxygen atoms in total. The summed E-state index contributed by atoms with van der Waals surface area (Å²) in [5.74, 6) is -0.0529. The first-order chi connectivity index (χ1) is 9.61. The molecule has 1 aromatic rings. The van der Waals surface area contributed by atoms with Gasteiger partial charge in [0.25, 0.3) is 0 Å². The number of aliphatic hydroxyl groups excluding tert-OH is 1. The lowest BCUT2D eigenvalue weighted by Gasteiger charge is -2.35. The molecule has 1 aromatic carbocycles. The largest absolute Gasteiger partial charge is 0.390 e. The average molecular weight is 301 g/mol. The van der Waals surface area contributed by atoms with Gasteiger partial charge in [-0.2, -0.15) is 0 Å². The summed E-state index contributed by atoms with van der Waals surface area (Å²) in [6, 6.07) is 5.53. The van der Waals surface area contributed by atoms with Crippen LogP contribution in [0, 0.1) is 5.82 Å². The molecule has 2 N–H and O–H groups in total. The van der Waals surface area contributed by atoms with Crippen LogP contribution in [0.15, 0.2) is 18.2 Å². The highest BCUT2D eigenvalue weighted by Crippen LogP contribution is 2.28. The number of nitrogens with zero attached hydrogens (tertiary/aromatic N) is 1. The molecule has 0 radical (unpaired) electrons. The number of alkyl halides is 1. The molecule has 112 valence electrons. The summed E-state index contributed by atoms with van der Waals surface area (Å²) in [7, 11) is 0. The van der Waals surface area contributed by atoms with E-state index in [-0.39, 0.29) is 11.7 Å². The summed E-state index contributed by atoms with van der Waals surface area (Å²) in [5, 5.41) is 12.4. The van der Waals surface area contributed by atoms with Crippen molar-refractivity contribution in [2.75, 3.05) is 29.2 Å². The summed E-state index contributed by atoms with van der Waals surface area (Å²) in [6.45, 7) is 3.37. The third-order valence-corrected chi connectivity index (χ3v) is 4.14. The lowest BCUT2D eigenvalue weighted by molar-refractivity contribution is 0.211. The second-order valence-corrected chi connectivity index (χ2v) is 5.70. The predicted molar refractivity (Wildman–Crippen MR) is 82.3 cm³/mol. The van der Waals surface area contributed by atoms with Crippen LogP contribution in [0.3, 0.4) is 0 Å². The van der Waals surface area contributed by atoms with Crippen LogP contribution in [0.25, 0.3) is 0 Å². The zero-order valence-electron chi connectivity index (χ0n) is 11.8. The van der Waals surface area contributed by atoms with Gasteiger partial charge in [-0.1, -0.05) is 0 Å². The van der Waals surface area contributed by atoms with Gasteiger partial charge in [0.2, 0.25) is 0 Å². The lowest BCUT2D eigenvalue weighted by atomic mass is 10.0. The number of piperidine rings is 1. The Bertz CT molecular complexity index is 444. The molecule has 0 spiro atoms. The first-order valence-corrected chi connectivity index (χ1v) is 7.69. The molecule has 1 saturated heterocycles. The van der Waals surface area contributed by atoms with Crippen LogP contribution in [-0.4, -0.2) is 36.2 Å². The zero-order chi connectivity index (χ0) is 14.5. The minimum atomic E-state index is -0.624. The Morgan fingerprint density at radius 2 is 2.30 bits per heavy atom. The third-order valence-electron chi connectivity index (χ3n) is 3.78. The molecular weight excluding hydrogens is 279 g/mol. The zero-order valence-corrected chi connectivity index (χ0v) is 12.5. The van der Waals surface area contributed by atoms with Gasteiger partial charge in [0, 0.05) is 24.8 Å². The van der Waals surface area contributed by atoms with Crippen LogP contribution in [0.2, 0.25) is 0 Å². The minimum absolute atomic E-state index is 0.166. The molecule has 1 fully saturated rings. The minimum Gasteiger partial charge on any atom is -0.390 e. The summed E-state index contributed by atoms with van der Waals surface area (Å²) < 4.78 is 14.2. The average Bonchev–Trinajstić information content (AvgIpc) is 2.46. The van der Waals surface area contributed by atoms with Crippen molar-refractivity contribution in [3.8, 4) is 0 Å². The van der Waals surface area contributed by atoms with Gasteiger partial charge in [-0.3, -0.25) is 0 Å². The third kappa shape index (κ3) is 3.76. The highest BCUT2D eigenvalue weighted by molar-refractivity contribution is 6.18. The molecule has 0 amide bonds. The van der Waals surface area contributed by atoms with Crippen molar-refractivity contribution in [1.29, 1.82) is 0 Å². The molecule has 0 aromatic heterocycles. The maximum Gasteiger partial charge on any atom is 0.148 e. The van der Waals surface area contributed by atoms with Crippen LogP contribution < -0.4 is 10.2 Å². The van der Waals surface area contributed by atoms with Crippen LogP contribution in [0.5, 0.6) is 0 Å². The van der Waals surface area contributed by atoms with E-state index in [4.69, 9.17) is 11.6 Å². The first-order valence-electron chi connectivity index (χ1n) is 7.16. The number of aliphatic hydroxyl groups is 1. The summed E-state index contributed by atoms with van der Waals surface area (Å²) in [6.07, 6.45) is 2.82. The molecule has 1 heterocycles. The first kappa shape index (κ1) is 15.4.